The summed E-state index contributed by atoms with van der Waals surface area (Å²) in [5.74, 6) is 2.30. The molecule has 13 heteroatoms. The minimum atomic E-state index is -1.60. The van der Waals surface area contributed by atoms with Crippen molar-refractivity contribution in [3.63, 3.8) is 0 Å². The highest BCUT2D eigenvalue weighted by Gasteiger charge is 2.49. The minimum absolute atomic E-state index is 0.0146. The average molecular weight is 595 g/mol. The molecule has 3 aliphatic heterocycles. The Hall–Kier alpha value is -3.04. The zero-order valence-corrected chi connectivity index (χ0v) is 24.1. The van der Waals surface area contributed by atoms with Crippen molar-refractivity contribution in [1.29, 1.82) is 0 Å². The van der Waals surface area contributed by atoms with E-state index in [1.54, 1.807) is 33.5 Å². The van der Waals surface area contributed by atoms with E-state index in [0.717, 1.165) is 11.1 Å². The van der Waals surface area contributed by atoms with Crippen molar-refractivity contribution in [1.82, 2.24) is 0 Å². The second kappa shape index (κ2) is 12.7. The van der Waals surface area contributed by atoms with Gasteiger partial charge in [-0.25, -0.2) is 0 Å². The van der Waals surface area contributed by atoms with Gasteiger partial charge in [-0.15, -0.1) is 0 Å². The van der Waals surface area contributed by atoms with Gasteiger partial charge < -0.3 is 63.1 Å². The van der Waals surface area contributed by atoms with Gasteiger partial charge in [0.1, 0.15) is 24.4 Å². The number of hydrogen-bond donors (Lipinski definition) is 4. The molecule has 0 spiro atoms. The van der Waals surface area contributed by atoms with Crippen molar-refractivity contribution in [3.8, 4) is 34.5 Å². The number of aliphatic hydroxyl groups is 4. The molecule has 2 aromatic rings. The average Bonchev–Trinajstić information content (AvgIpc) is 3.63. The molecule has 5 rings (SSSR count). The predicted octanol–water partition coefficient (Wildman–Crippen LogP) is 0.984. The molecule has 3 aliphatic rings. The number of aliphatic hydroxyl groups excluding tert-OH is 4. The highest BCUT2D eigenvalue weighted by atomic mass is 16.7. The molecule has 232 valence electrons. The fraction of sp³-hybridized carbons (Fsp3) is 0.586. The Balaban J connectivity index is 1.40. The molecule has 0 unspecified atom stereocenters. The van der Waals surface area contributed by atoms with E-state index >= 15 is 0 Å². The zero-order valence-electron chi connectivity index (χ0n) is 24.1. The number of methoxy groups -OCH3 is 5. The van der Waals surface area contributed by atoms with Crippen LogP contribution in [0.4, 0.5) is 0 Å². The molecule has 4 N–H and O–H groups in total. The van der Waals surface area contributed by atoms with Crippen LogP contribution in [0.3, 0.4) is 0 Å². The van der Waals surface area contributed by atoms with Crippen LogP contribution in [0.1, 0.15) is 23.3 Å². The summed E-state index contributed by atoms with van der Waals surface area (Å²) in [6.45, 7) is 0.313. The molecule has 0 saturated carbocycles. The van der Waals surface area contributed by atoms with Crippen LogP contribution >= 0.6 is 0 Å². The summed E-state index contributed by atoms with van der Waals surface area (Å²) in [6, 6.07) is 7.28. The Morgan fingerprint density at radius 2 is 1.10 bits per heavy atom. The van der Waals surface area contributed by atoms with Crippen molar-refractivity contribution >= 4 is 0 Å². The largest absolute Gasteiger partial charge is 0.493 e. The molecule has 0 bridgehead atoms. The smallest absolute Gasteiger partial charge is 0.229 e. The first-order chi connectivity index (χ1) is 20.3. The monoisotopic (exact) mass is 594 g/mol. The van der Waals surface area contributed by atoms with E-state index in [-0.39, 0.29) is 41.3 Å². The summed E-state index contributed by atoms with van der Waals surface area (Å²) in [5, 5.41) is 40.3. The Kier molecular flexibility index (Phi) is 9.18. The van der Waals surface area contributed by atoms with E-state index in [4.69, 9.17) is 42.6 Å². The summed E-state index contributed by atoms with van der Waals surface area (Å²) in [4.78, 5) is 0. The lowest BCUT2D eigenvalue weighted by atomic mass is 9.84. The minimum Gasteiger partial charge on any atom is -0.493 e. The highest BCUT2D eigenvalue weighted by molar-refractivity contribution is 5.56. The molecular weight excluding hydrogens is 556 g/mol. The molecule has 0 radical (unpaired) electrons. The van der Waals surface area contributed by atoms with Gasteiger partial charge in [0.2, 0.25) is 17.8 Å². The van der Waals surface area contributed by atoms with Gasteiger partial charge in [-0.2, -0.15) is 0 Å². The number of fused-ring (bicyclic) bond motifs is 1. The normalized spacial score (nSPS) is 32.3. The Labute approximate surface area is 243 Å². The van der Waals surface area contributed by atoms with E-state index in [1.807, 2.05) is 12.1 Å². The van der Waals surface area contributed by atoms with Crippen LogP contribution in [0.2, 0.25) is 0 Å². The molecule has 9 atom stereocenters. The fourth-order valence-electron chi connectivity index (χ4n) is 5.96. The lowest BCUT2D eigenvalue weighted by molar-refractivity contribution is -0.277. The van der Waals surface area contributed by atoms with E-state index in [9.17, 15) is 20.4 Å². The lowest BCUT2D eigenvalue weighted by Gasteiger charge is -2.39. The maximum absolute atomic E-state index is 10.5. The zero-order chi connectivity index (χ0) is 30.1. The van der Waals surface area contributed by atoms with Crippen LogP contribution in [0, 0.1) is 11.8 Å². The third kappa shape index (κ3) is 5.30. The first-order valence-corrected chi connectivity index (χ1v) is 13.6. The molecule has 0 aromatic heterocycles. The Bertz CT molecular complexity index is 1190. The molecular formula is C29H38O13. The third-order valence-electron chi connectivity index (χ3n) is 8.17. The first kappa shape index (κ1) is 30.4. The molecule has 3 heterocycles. The topological polar surface area (TPSA) is 164 Å². The second-order valence-electron chi connectivity index (χ2n) is 10.4. The maximum Gasteiger partial charge on any atom is 0.229 e. The van der Waals surface area contributed by atoms with Crippen LogP contribution in [0.25, 0.3) is 0 Å². The Morgan fingerprint density at radius 3 is 1.50 bits per heavy atom. The molecule has 0 aliphatic carbocycles. The van der Waals surface area contributed by atoms with E-state index in [1.165, 1.54) is 14.2 Å². The molecule has 3 fully saturated rings. The van der Waals surface area contributed by atoms with E-state index < -0.39 is 37.3 Å². The third-order valence-corrected chi connectivity index (χ3v) is 8.17. The molecule has 13 nitrogen and oxygen atoms in total. The summed E-state index contributed by atoms with van der Waals surface area (Å²) >= 11 is 0. The fourth-order valence-corrected chi connectivity index (χ4v) is 5.96. The predicted molar refractivity (Wildman–Crippen MR) is 144 cm³/mol. The quantitative estimate of drug-likeness (QED) is 0.308. The summed E-state index contributed by atoms with van der Waals surface area (Å²) in [7, 11) is 7.60. The number of hydrogen-bond acceptors (Lipinski definition) is 13. The van der Waals surface area contributed by atoms with E-state index in [2.05, 4.69) is 0 Å². The molecule has 3 saturated heterocycles. The second-order valence-corrected chi connectivity index (χ2v) is 10.4. The summed E-state index contributed by atoms with van der Waals surface area (Å²) in [5.41, 5.74) is 1.66. The van der Waals surface area contributed by atoms with Gasteiger partial charge in [0.25, 0.3) is 0 Å². The molecule has 0 amide bonds. The van der Waals surface area contributed by atoms with Crippen LogP contribution in [-0.4, -0.2) is 107 Å². The van der Waals surface area contributed by atoms with Gasteiger partial charge in [-0.1, -0.05) is 0 Å². The van der Waals surface area contributed by atoms with Gasteiger partial charge in [0.15, 0.2) is 23.0 Å². The standard InChI is InChI=1S/C29H38O13/c1-34-17-6-13(7-18(35-2)27(17)38-5)25-15-11-40-26(16(15)12-39-25)14-8-19(36-3)28(20(9-14)37-4)42-29-24(33)23(32)22(31)21(10-30)41-29/h6-9,15-16,21-26,29-33H,10-12H2,1-5H3/t15-,16-,21+,22+,23-,24+,25+,26+,29-/m0/s1. The highest BCUT2D eigenvalue weighted by Crippen LogP contribution is 2.53. The van der Waals surface area contributed by atoms with Gasteiger partial charge in [-0.05, 0) is 35.4 Å². The number of rotatable bonds is 10. The number of ether oxygens (including phenoxy) is 9. The number of benzene rings is 2. The lowest BCUT2D eigenvalue weighted by Crippen LogP contribution is -2.60. The Morgan fingerprint density at radius 1 is 0.643 bits per heavy atom. The molecule has 2 aromatic carbocycles. The van der Waals surface area contributed by atoms with Crippen molar-refractivity contribution in [2.24, 2.45) is 11.8 Å². The van der Waals surface area contributed by atoms with Gasteiger partial charge in [0, 0.05) is 11.8 Å². The SMILES string of the molecule is COc1cc([C@H]2OC[C@H]3[C@@H]2CO[C@@H]3c2cc(OC)c(O[C@@H]3O[C@H](CO)[C@@H](O)[C@H](O)[C@H]3O)c(OC)c2)cc(OC)c1OC. The van der Waals surface area contributed by atoms with Crippen LogP contribution in [-0.2, 0) is 14.2 Å². The van der Waals surface area contributed by atoms with Gasteiger partial charge >= 0.3 is 0 Å². The van der Waals surface area contributed by atoms with Crippen molar-refractivity contribution < 1.29 is 63.1 Å². The molecule has 42 heavy (non-hydrogen) atoms. The van der Waals surface area contributed by atoms with Crippen molar-refractivity contribution in [2.45, 2.75) is 42.9 Å². The van der Waals surface area contributed by atoms with Crippen molar-refractivity contribution in [3.05, 3.63) is 35.4 Å². The van der Waals surface area contributed by atoms with Crippen LogP contribution < -0.4 is 28.4 Å². The van der Waals surface area contributed by atoms with Crippen LogP contribution in [0.5, 0.6) is 34.5 Å². The maximum atomic E-state index is 10.5. The summed E-state index contributed by atoms with van der Waals surface area (Å²) < 4.78 is 51.8. The van der Waals surface area contributed by atoms with Crippen LogP contribution in [0.15, 0.2) is 24.3 Å². The van der Waals surface area contributed by atoms with E-state index in [0.29, 0.717) is 30.5 Å². The van der Waals surface area contributed by atoms with Crippen molar-refractivity contribution in [2.75, 3.05) is 55.4 Å². The van der Waals surface area contributed by atoms with Gasteiger partial charge in [0.05, 0.1) is 67.6 Å². The first-order valence-electron chi connectivity index (χ1n) is 13.6. The van der Waals surface area contributed by atoms with Gasteiger partial charge in [-0.3, -0.25) is 0 Å². The summed E-state index contributed by atoms with van der Waals surface area (Å²) in [6.07, 6.45) is -7.85.